The van der Waals surface area contributed by atoms with Crippen LogP contribution in [0.5, 0.6) is 0 Å². The van der Waals surface area contributed by atoms with Crippen molar-refractivity contribution in [3.8, 4) is 0 Å². The summed E-state index contributed by atoms with van der Waals surface area (Å²) < 4.78 is 2.03. The van der Waals surface area contributed by atoms with E-state index < -0.39 is 0 Å². The van der Waals surface area contributed by atoms with E-state index in [-0.39, 0.29) is 5.56 Å². The van der Waals surface area contributed by atoms with Crippen LogP contribution in [0.3, 0.4) is 0 Å². The summed E-state index contributed by atoms with van der Waals surface area (Å²) in [4.78, 5) is 19.4. The van der Waals surface area contributed by atoms with Crippen LogP contribution in [0.1, 0.15) is 18.3 Å². The minimum absolute atomic E-state index is 0.0874. The van der Waals surface area contributed by atoms with Crippen molar-refractivity contribution in [1.82, 2.24) is 19.9 Å². The van der Waals surface area contributed by atoms with Crippen LogP contribution in [0.2, 0.25) is 0 Å². The Hall–Kier alpha value is -2.40. The Bertz CT molecular complexity index is 803. The maximum Gasteiger partial charge on any atom is 0.258 e. The fraction of sp³-hybridized carbons (Fsp3) is 0.250. The van der Waals surface area contributed by atoms with Crippen LogP contribution >= 0.6 is 0 Å². The molecule has 108 valence electrons. The number of aromatic nitrogens is 3. The van der Waals surface area contributed by atoms with E-state index in [0.717, 1.165) is 18.6 Å². The van der Waals surface area contributed by atoms with Gasteiger partial charge in [0.05, 0.1) is 17.4 Å². The molecule has 0 saturated heterocycles. The number of rotatable bonds is 5. The van der Waals surface area contributed by atoms with Crippen LogP contribution in [-0.4, -0.2) is 21.1 Å². The van der Waals surface area contributed by atoms with Crippen LogP contribution in [0.25, 0.3) is 10.9 Å². The molecule has 0 aliphatic heterocycles. The molecule has 0 spiro atoms. The highest BCUT2D eigenvalue weighted by molar-refractivity contribution is 5.77. The fourth-order valence-electron chi connectivity index (χ4n) is 2.35. The third-order valence-corrected chi connectivity index (χ3v) is 3.39. The third kappa shape index (κ3) is 3.03. The molecule has 0 aliphatic rings. The number of aromatic amines is 1. The third-order valence-electron chi connectivity index (χ3n) is 3.39. The van der Waals surface area contributed by atoms with Crippen LogP contribution in [0.4, 0.5) is 0 Å². The molecule has 1 aromatic carbocycles. The van der Waals surface area contributed by atoms with Crippen molar-refractivity contribution >= 4 is 10.9 Å². The van der Waals surface area contributed by atoms with Gasteiger partial charge in [0.25, 0.3) is 5.56 Å². The smallest absolute Gasteiger partial charge is 0.258 e. The Balaban J connectivity index is 1.84. The monoisotopic (exact) mass is 282 g/mol. The van der Waals surface area contributed by atoms with Crippen LogP contribution in [-0.2, 0) is 13.1 Å². The lowest BCUT2D eigenvalue weighted by atomic mass is 10.2. The second kappa shape index (κ2) is 5.93. The molecule has 0 unspecified atom stereocenters. The lowest BCUT2D eigenvalue weighted by Crippen LogP contribution is -2.14. The average molecular weight is 282 g/mol. The standard InChI is InChI=1S/C16H18N4O/c1-2-17-9-12-7-8-20(10-12)11-15-18-14-6-4-3-5-13(14)16(21)19-15/h3-8,10,17H,2,9,11H2,1H3,(H,18,19,21). The molecular weight excluding hydrogens is 264 g/mol. The van der Waals surface area contributed by atoms with Crippen molar-refractivity contribution in [2.45, 2.75) is 20.0 Å². The maximum atomic E-state index is 12.0. The summed E-state index contributed by atoms with van der Waals surface area (Å²) in [6.07, 6.45) is 4.07. The molecule has 5 nitrogen and oxygen atoms in total. The molecule has 5 heteroatoms. The molecule has 2 N–H and O–H groups in total. The van der Waals surface area contributed by atoms with Crippen LogP contribution in [0.15, 0.2) is 47.5 Å². The molecule has 0 fully saturated rings. The topological polar surface area (TPSA) is 62.7 Å². The van der Waals surface area contributed by atoms with E-state index in [2.05, 4.69) is 34.5 Å². The van der Waals surface area contributed by atoms with Gasteiger partial charge in [-0.2, -0.15) is 0 Å². The van der Waals surface area contributed by atoms with Gasteiger partial charge in [0.15, 0.2) is 0 Å². The summed E-state index contributed by atoms with van der Waals surface area (Å²) >= 11 is 0. The van der Waals surface area contributed by atoms with Gasteiger partial charge in [0.1, 0.15) is 5.82 Å². The summed E-state index contributed by atoms with van der Waals surface area (Å²) in [5.74, 6) is 0.671. The van der Waals surface area contributed by atoms with E-state index in [1.165, 1.54) is 5.56 Å². The fourth-order valence-corrected chi connectivity index (χ4v) is 2.35. The summed E-state index contributed by atoms with van der Waals surface area (Å²) in [6, 6.07) is 9.46. The number of hydrogen-bond acceptors (Lipinski definition) is 3. The number of nitrogens with zero attached hydrogens (tertiary/aromatic N) is 2. The predicted octanol–water partition coefficient (Wildman–Crippen LogP) is 1.88. The van der Waals surface area contributed by atoms with Gasteiger partial charge >= 0.3 is 0 Å². The summed E-state index contributed by atoms with van der Waals surface area (Å²) in [5.41, 5.74) is 1.87. The first-order valence-corrected chi connectivity index (χ1v) is 7.09. The lowest BCUT2D eigenvalue weighted by Gasteiger charge is -2.04. The maximum absolute atomic E-state index is 12.0. The normalized spacial score (nSPS) is 11.1. The van der Waals surface area contributed by atoms with Crippen LogP contribution < -0.4 is 10.9 Å². The molecule has 0 aliphatic carbocycles. The first kappa shape index (κ1) is 13.6. The van der Waals surface area contributed by atoms with E-state index >= 15 is 0 Å². The van der Waals surface area contributed by atoms with Gasteiger partial charge in [-0.15, -0.1) is 0 Å². The molecule has 0 radical (unpaired) electrons. The van der Waals surface area contributed by atoms with E-state index in [9.17, 15) is 4.79 Å². The zero-order valence-corrected chi connectivity index (χ0v) is 12.0. The highest BCUT2D eigenvalue weighted by Crippen LogP contribution is 2.07. The molecule has 3 aromatic rings. The first-order chi connectivity index (χ1) is 10.3. The van der Waals surface area contributed by atoms with Crippen molar-refractivity contribution < 1.29 is 0 Å². The SMILES string of the molecule is CCNCc1ccn(Cc2nc3ccccc3c(=O)[nH]2)c1. The van der Waals surface area contributed by atoms with Gasteiger partial charge in [-0.25, -0.2) is 4.98 Å². The number of hydrogen-bond donors (Lipinski definition) is 2. The largest absolute Gasteiger partial charge is 0.346 e. The second-order valence-electron chi connectivity index (χ2n) is 5.00. The van der Waals surface area contributed by atoms with Crippen molar-refractivity contribution in [3.05, 3.63) is 64.5 Å². The highest BCUT2D eigenvalue weighted by Gasteiger charge is 2.04. The van der Waals surface area contributed by atoms with Crippen LogP contribution in [0, 0.1) is 0 Å². The van der Waals surface area contributed by atoms with Crippen molar-refractivity contribution in [2.75, 3.05) is 6.54 Å². The first-order valence-electron chi connectivity index (χ1n) is 7.09. The summed E-state index contributed by atoms with van der Waals surface area (Å²) in [7, 11) is 0. The minimum atomic E-state index is -0.0874. The molecule has 0 atom stereocenters. The van der Waals surface area contributed by atoms with Gasteiger partial charge < -0.3 is 14.9 Å². The van der Waals surface area contributed by atoms with Gasteiger partial charge in [-0.05, 0) is 30.3 Å². The Morgan fingerprint density at radius 3 is 3.00 bits per heavy atom. The van der Waals surface area contributed by atoms with Gasteiger partial charge in [-0.1, -0.05) is 19.1 Å². The Kier molecular flexibility index (Phi) is 3.83. The predicted molar refractivity (Wildman–Crippen MR) is 83.3 cm³/mol. The quantitative estimate of drug-likeness (QED) is 0.751. The van der Waals surface area contributed by atoms with E-state index in [4.69, 9.17) is 0 Å². The average Bonchev–Trinajstić information content (AvgIpc) is 2.92. The Morgan fingerprint density at radius 2 is 2.14 bits per heavy atom. The number of H-pyrrole nitrogens is 1. The zero-order chi connectivity index (χ0) is 14.7. The van der Waals surface area contributed by atoms with Crippen molar-refractivity contribution in [1.29, 1.82) is 0 Å². The molecule has 0 bridgehead atoms. The molecule has 3 rings (SSSR count). The zero-order valence-electron chi connectivity index (χ0n) is 12.0. The molecule has 21 heavy (non-hydrogen) atoms. The van der Waals surface area contributed by atoms with E-state index in [1.54, 1.807) is 6.07 Å². The lowest BCUT2D eigenvalue weighted by molar-refractivity contribution is 0.714. The van der Waals surface area contributed by atoms with Gasteiger partial charge in [0.2, 0.25) is 0 Å². The molecule has 2 heterocycles. The molecule has 0 amide bonds. The Labute approximate surface area is 122 Å². The van der Waals surface area contributed by atoms with Gasteiger partial charge in [-0.3, -0.25) is 4.79 Å². The summed E-state index contributed by atoms with van der Waals surface area (Å²) in [5, 5.41) is 3.91. The number of benzene rings is 1. The Morgan fingerprint density at radius 1 is 1.29 bits per heavy atom. The van der Waals surface area contributed by atoms with Crippen molar-refractivity contribution in [2.24, 2.45) is 0 Å². The van der Waals surface area contributed by atoms with Crippen molar-refractivity contribution in [3.63, 3.8) is 0 Å². The molecule has 0 saturated carbocycles. The number of para-hydroxylation sites is 1. The molecule has 2 aromatic heterocycles. The van der Waals surface area contributed by atoms with E-state index in [1.807, 2.05) is 29.0 Å². The highest BCUT2D eigenvalue weighted by atomic mass is 16.1. The number of nitrogens with one attached hydrogen (secondary N) is 2. The van der Waals surface area contributed by atoms with Gasteiger partial charge in [0, 0.05) is 18.9 Å². The molecular formula is C16H18N4O. The minimum Gasteiger partial charge on any atom is -0.346 e. The summed E-state index contributed by atoms with van der Waals surface area (Å²) in [6.45, 7) is 4.45. The number of fused-ring (bicyclic) bond motifs is 1. The second-order valence-corrected chi connectivity index (χ2v) is 5.00. The van der Waals surface area contributed by atoms with E-state index in [0.29, 0.717) is 17.8 Å².